The molecule has 0 saturated heterocycles. The maximum absolute atomic E-state index is 5.64. The third-order valence-electron chi connectivity index (χ3n) is 3.10. The van der Waals surface area contributed by atoms with Gasteiger partial charge in [0, 0.05) is 31.0 Å². The highest BCUT2D eigenvalue weighted by molar-refractivity contribution is 5.77. The van der Waals surface area contributed by atoms with E-state index in [9.17, 15) is 0 Å². The smallest absolute Gasteiger partial charge is 0.160 e. The molecule has 5 heteroatoms. The van der Waals surface area contributed by atoms with E-state index in [1.165, 1.54) is 0 Å². The van der Waals surface area contributed by atoms with Crippen LogP contribution in [0.3, 0.4) is 0 Å². The highest BCUT2D eigenvalue weighted by Crippen LogP contribution is 2.23. The van der Waals surface area contributed by atoms with Crippen molar-refractivity contribution in [3.8, 4) is 11.4 Å². The molecule has 3 rings (SSSR count). The molecule has 2 N–H and O–H groups in total. The average molecular weight is 253 g/mol. The van der Waals surface area contributed by atoms with Crippen molar-refractivity contribution in [2.45, 2.75) is 20.0 Å². The highest BCUT2D eigenvalue weighted by Gasteiger charge is 2.12. The Morgan fingerprint density at radius 1 is 1.21 bits per heavy atom. The fourth-order valence-corrected chi connectivity index (χ4v) is 2.21. The van der Waals surface area contributed by atoms with Crippen molar-refractivity contribution in [1.29, 1.82) is 0 Å². The van der Waals surface area contributed by atoms with Gasteiger partial charge in [-0.3, -0.25) is 4.98 Å². The Kier molecular flexibility index (Phi) is 2.97. The fraction of sp³-hybridized carbons (Fsp3) is 0.214. The molecule has 0 spiro atoms. The Morgan fingerprint density at radius 3 is 2.89 bits per heavy atom. The molecule has 0 fully saturated rings. The standard InChI is InChI=1S/C14H15N5/c1-2-19-13(10-5-7-16-11(8-10)9-15)18-12-4-3-6-17-14(12)19/h3-8H,2,9,15H2,1H3. The number of nitrogens with zero attached hydrogens (tertiary/aromatic N) is 4. The Hall–Kier alpha value is -2.27. The van der Waals surface area contributed by atoms with E-state index >= 15 is 0 Å². The molecule has 5 nitrogen and oxygen atoms in total. The second-order valence-electron chi connectivity index (χ2n) is 4.27. The lowest BCUT2D eigenvalue weighted by Crippen LogP contribution is -2.02. The van der Waals surface area contributed by atoms with Gasteiger partial charge in [-0.25, -0.2) is 9.97 Å². The van der Waals surface area contributed by atoms with Crippen molar-refractivity contribution in [3.63, 3.8) is 0 Å². The summed E-state index contributed by atoms with van der Waals surface area (Å²) in [6.07, 6.45) is 3.56. The first-order chi connectivity index (χ1) is 9.33. The van der Waals surface area contributed by atoms with E-state index in [1.54, 1.807) is 12.4 Å². The van der Waals surface area contributed by atoms with Gasteiger partial charge in [-0.15, -0.1) is 0 Å². The first kappa shape index (κ1) is 11.8. The third kappa shape index (κ3) is 1.98. The molecular weight excluding hydrogens is 238 g/mol. The van der Waals surface area contributed by atoms with Crippen molar-refractivity contribution >= 4 is 11.2 Å². The second-order valence-corrected chi connectivity index (χ2v) is 4.27. The molecule has 3 aromatic heterocycles. The minimum absolute atomic E-state index is 0.429. The summed E-state index contributed by atoms with van der Waals surface area (Å²) in [7, 11) is 0. The zero-order chi connectivity index (χ0) is 13.2. The largest absolute Gasteiger partial charge is 0.325 e. The summed E-state index contributed by atoms with van der Waals surface area (Å²) in [6.45, 7) is 3.34. The van der Waals surface area contributed by atoms with Crippen LogP contribution in [-0.4, -0.2) is 19.5 Å². The molecule has 3 aromatic rings. The summed E-state index contributed by atoms with van der Waals surface area (Å²) in [4.78, 5) is 13.3. The lowest BCUT2D eigenvalue weighted by Gasteiger charge is -2.06. The molecule has 0 aliphatic rings. The first-order valence-electron chi connectivity index (χ1n) is 6.30. The number of aryl methyl sites for hydroxylation is 1. The number of aromatic nitrogens is 4. The van der Waals surface area contributed by atoms with Crippen LogP contribution in [-0.2, 0) is 13.1 Å². The van der Waals surface area contributed by atoms with Gasteiger partial charge >= 0.3 is 0 Å². The third-order valence-corrected chi connectivity index (χ3v) is 3.10. The predicted molar refractivity (Wildman–Crippen MR) is 74.3 cm³/mol. The van der Waals surface area contributed by atoms with Crippen LogP contribution in [0.4, 0.5) is 0 Å². The lowest BCUT2D eigenvalue weighted by molar-refractivity contribution is 0.786. The monoisotopic (exact) mass is 253 g/mol. The molecule has 3 heterocycles. The van der Waals surface area contributed by atoms with E-state index in [0.717, 1.165) is 34.8 Å². The number of rotatable bonds is 3. The topological polar surface area (TPSA) is 69.6 Å². The summed E-state index contributed by atoms with van der Waals surface area (Å²) in [6, 6.07) is 7.81. The molecule has 0 unspecified atom stereocenters. The van der Waals surface area contributed by atoms with Crippen LogP contribution in [0.5, 0.6) is 0 Å². The van der Waals surface area contributed by atoms with Gasteiger partial charge in [-0.1, -0.05) is 0 Å². The summed E-state index contributed by atoms with van der Waals surface area (Å²) in [5.74, 6) is 0.910. The minimum atomic E-state index is 0.429. The maximum Gasteiger partial charge on any atom is 0.160 e. The van der Waals surface area contributed by atoms with Gasteiger partial charge in [0.1, 0.15) is 11.3 Å². The molecule has 0 atom stereocenters. The Morgan fingerprint density at radius 2 is 2.11 bits per heavy atom. The van der Waals surface area contributed by atoms with Gasteiger partial charge in [0.15, 0.2) is 5.65 Å². The molecule has 0 aliphatic heterocycles. The zero-order valence-electron chi connectivity index (χ0n) is 10.7. The zero-order valence-corrected chi connectivity index (χ0v) is 10.7. The van der Waals surface area contributed by atoms with Gasteiger partial charge in [0.2, 0.25) is 0 Å². The molecule has 0 aliphatic carbocycles. The Balaban J connectivity index is 2.23. The molecule has 19 heavy (non-hydrogen) atoms. The number of hydrogen-bond donors (Lipinski definition) is 1. The molecule has 0 saturated carbocycles. The minimum Gasteiger partial charge on any atom is -0.325 e. The summed E-state index contributed by atoms with van der Waals surface area (Å²) < 4.78 is 2.10. The fourth-order valence-electron chi connectivity index (χ4n) is 2.21. The lowest BCUT2D eigenvalue weighted by atomic mass is 10.2. The molecule has 0 bridgehead atoms. The summed E-state index contributed by atoms with van der Waals surface area (Å²) >= 11 is 0. The van der Waals surface area contributed by atoms with E-state index < -0.39 is 0 Å². The van der Waals surface area contributed by atoms with Gasteiger partial charge in [0.05, 0.1) is 5.69 Å². The van der Waals surface area contributed by atoms with Crippen molar-refractivity contribution in [1.82, 2.24) is 19.5 Å². The van der Waals surface area contributed by atoms with Crippen molar-refractivity contribution in [2.75, 3.05) is 0 Å². The Bertz CT molecular complexity index is 717. The van der Waals surface area contributed by atoms with E-state index in [1.807, 2.05) is 24.3 Å². The first-order valence-corrected chi connectivity index (χ1v) is 6.30. The normalized spacial score (nSPS) is 11.1. The number of nitrogens with two attached hydrogens (primary N) is 1. The van der Waals surface area contributed by atoms with Crippen molar-refractivity contribution < 1.29 is 0 Å². The molecule has 0 aromatic carbocycles. The van der Waals surface area contributed by atoms with Gasteiger partial charge < -0.3 is 10.3 Å². The van der Waals surface area contributed by atoms with Gasteiger partial charge in [0.25, 0.3) is 0 Å². The van der Waals surface area contributed by atoms with Crippen molar-refractivity contribution in [3.05, 3.63) is 42.4 Å². The van der Waals surface area contributed by atoms with E-state index in [4.69, 9.17) is 5.73 Å². The van der Waals surface area contributed by atoms with E-state index in [-0.39, 0.29) is 0 Å². The Labute approximate surface area is 111 Å². The molecule has 96 valence electrons. The number of hydrogen-bond acceptors (Lipinski definition) is 4. The van der Waals surface area contributed by atoms with Crippen LogP contribution in [0.25, 0.3) is 22.6 Å². The number of imidazole rings is 1. The quantitative estimate of drug-likeness (QED) is 0.774. The number of fused-ring (bicyclic) bond motifs is 1. The predicted octanol–water partition coefficient (Wildman–Crippen LogP) is 1.97. The summed E-state index contributed by atoms with van der Waals surface area (Å²) in [5, 5.41) is 0. The van der Waals surface area contributed by atoms with Crippen LogP contribution < -0.4 is 5.73 Å². The van der Waals surface area contributed by atoms with Gasteiger partial charge in [-0.05, 0) is 31.2 Å². The van der Waals surface area contributed by atoms with Crippen LogP contribution >= 0.6 is 0 Å². The van der Waals surface area contributed by atoms with Crippen molar-refractivity contribution in [2.24, 2.45) is 5.73 Å². The molecular formula is C14H15N5. The van der Waals surface area contributed by atoms with E-state index in [0.29, 0.717) is 6.54 Å². The molecule has 0 amide bonds. The van der Waals surface area contributed by atoms with Gasteiger partial charge in [-0.2, -0.15) is 0 Å². The average Bonchev–Trinajstić information content (AvgIpc) is 2.86. The van der Waals surface area contributed by atoms with Crippen LogP contribution in [0.2, 0.25) is 0 Å². The maximum atomic E-state index is 5.64. The number of pyridine rings is 2. The second kappa shape index (κ2) is 4.78. The van der Waals surface area contributed by atoms with Crippen LogP contribution in [0.1, 0.15) is 12.6 Å². The summed E-state index contributed by atoms with van der Waals surface area (Å²) in [5.41, 5.74) is 9.34. The van der Waals surface area contributed by atoms with Crippen LogP contribution in [0.15, 0.2) is 36.7 Å². The molecule has 0 radical (unpaired) electrons. The van der Waals surface area contributed by atoms with E-state index in [2.05, 4.69) is 26.4 Å². The highest BCUT2D eigenvalue weighted by atomic mass is 15.1. The van der Waals surface area contributed by atoms with Crippen LogP contribution in [0, 0.1) is 0 Å². The SMILES string of the molecule is CCn1c(-c2ccnc(CN)c2)nc2cccnc21.